The Morgan fingerprint density at radius 1 is 1.05 bits per heavy atom. The lowest BCUT2D eigenvalue weighted by Crippen LogP contribution is -2.37. The maximum absolute atomic E-state index is 5.98. The Labute approximate surface area is 122 Å². The molecule has 0 amide bonds. The van der Waals surface area contributed by atoms with Crippen molar-refractivity contribution in [2.24, 2.45) is 11.8 Å². The molecule has 2 unspecified atom stereocenters. The summed E-state index contributed by atoms with van der Waals surface area (Å²) >= 11 is 5.98. The third kappa shape index (κ3) is 3.97. The molecule has 1 nitrogen and oxygen atoms in total. The average Bonchev–Trinajstić information content (AvgIpc) is 2.90. The van der Waals surface area contributed by atoms with Gasteiger partial charge in [-0.2, -0.15) is 0 Å². The van der Waals surface area contributed by atoms with E-state index in [1.54, 1.807) is 0 Å². The quantitative estimate of drug-likeness (QED) is 0.781. The molecule has 0 bridgehead atoms. The lowest BCUT2D eigenvalue weighted by atomic mass is 9.92. The predicted octanol–water partition coefficient (Wildman–Crippen LogP) is 5.21. The van der Waals surface area contributed by atoms with E-state index in [9.17, 15) is 0 Å². The van der Waals surface area contributed by atoms with Crippen LogP contribution in [-0.2, 0) is 0 Å². The van der Waals surface area contributed by atoms with E-state index in [0.717, 1.165) is 10.9 Å². The average molecular weight is 280 g/mol. The van der Waals surface area contributed by atoms with Gasteiger partial charge in [0, 0.05) is 17.1 Å². The first-order chi connectivity index (χ1) is 9.08. The van der Waals surface area contributed by atoms with Gasteiger partial charge in [-0.05, 0) is 49.3 Å². The summed E-state index contributed by atoms with van der Waals surface area (Å²) in [6.07, 6.45) is 5.59. The van der Waals surface area contributed by atoms with Gasteiger partial charge in [0.15, 0.2) is 0 Å². The Bertz CT molecular complexity index is 379. The van der Waals surface area contributed by atoms with Crippen LogP contribution in [0, 0.1) is 11.8 Å². The van der Waals surface area contributed by atoms with Crippen LogP contribution in [0.3, 0.4) is 0 Å². The van der Waals surface area contributed by atoms with Crippen molar-refractivity contribution >= 4 is 11.6 Å². The number of nitrogens with one attached hydrogen (secondary N) is 1. The second-order valence-corrected chi connectivity index (χ2v) is 6.71. The first kappa shape index (κ1) is 14.9. The molecule has 1 aliphatic carbocycles. The third-order valence-corrected chi connectivity index (χ3v) is 4.70. The Morgan fingerprint density at radius 3 is 2.16 bits per heavy atom. The molecule has 0 radical (unpaired) electrons. The number of benzene rings is 1. The van der Waals surface area contributed by atoms with E-state index in [1.807, 2.05) is 12.1 Å². The first-order valence-electron chi connectivity index (χ1n) is 7.59. The van der Waals surface area contributed by atoms with Gasteiger partial charge in [0.05, 0.1) is 0 Å². The monoisotopic (exact) mass is 279 g/mol. The van der Waals surface area contributed by atoms with Crippen LogP contribution in [0.2, 0.25) is 5.02 Å². The van der Waals surface area contributed by atoms with Crippen LogP contribution < -0.4 is 5.32 Å². The van der Waals surface area contributed by atoms with Gasteiger partial charge in [0.1, 0.15) is 0 Å². The van der Waals surface area contributed by atoms with Gasteiger partial charge < -0.3 is 5.32 Å². The highest BCUT2D eigenvalue weighted by Crippen LogP contribution is 2.30. The van der Waals surface area contributed by atoms with Crippen molar-refractivity contribution in [1.82, 2.24) is 5.32 Å². The van der Waals surface area contributed by atoms with Crippen molar-refractivity contribution in [1.29, 1.82) is 0 Å². The van der Waals surface area contributed by atoms with E-state index in [2.05, 4.69) is 38.2 Å². The molecule has 1 aromatic rings. The molecule has 0 aliphatic heterocycles. The third-order valence-electron chi connectivity index (χ3n) is 4.45. The van der Waals surface area contributed by atoms with Crippen molar-refractivity contribution < 1.29 is 0 Å². The molecule has 2 rings (SSSR count). The summed E-state index contributed by atoms with van der Waals surface area (Å²) in [4.78, 5) is 0. The zero-order chi connectivity index (χ0) is 13.8. The molecule has 2 atom stereocenters. The van der Waals surface area contributed by atoms with Gasteiger partial charge >= 0.3 is 0 Å². The summed E-state index contributed by atoms with van der Waals surface area (Å²) in [5.41, 5.74) is 1.35. The smallest absolute Gasteiger partial charge is 0.0406 e. The highest BCUT2D eigenvalue weighted by Gasteiger charge is 2.25. The molecule has 19 heavy (non-hydrogen) atoms. The second kappa shape index (κ2) is 6.76. The summed E-state index contributed by atoms with van der Waals surface area (Å²) in [6, 6.07) is 9.32. The summed E-state index contributed by atoms with van der Waals surface area (Å²) in [5, 5.41) is 4.67. The topological polar surface area (TPSA) is 12.0 Å². The molecule has 1 aromatic carbocycles. The summed E-state index contributed by atoms with van der Waals surface area (Å²) in [5.74, 6) is 1.44. The minimum Gasteiger partial charge on any atom is -0.307 e. The lowest BCUT2D eigenvalue weighted by Gasteiger charge is -2.30. The Hall–Kier alpha value is -0.530. The van der Waals surface area contributed by atoms with Gasteiger partial charge in [-0.3, -0.25) is 0 Å². The minimum absolute atomic E-state index is 0.424. The molecule has 1 saturated carbocycles. The van der Waals surface area contributed by atoms with Crippen LogP contribution in [0.25, 0.3) is 0 Å². The zero-order valence-corrected chi connectivity index (χ0v) is 13.1. The summed E-state index contributed by atoms with van der Waals surface area (Å²) < 4.78 is 0. The molecule has 2 heteroatoms. The molecule has 0 saturated heterocycles. The van der Waals surface area contributed by atoms with Crippen LogP contribution in [0.4, 0.5) is 0 Å². The van der Waals surface area contributed by atoms with Crippen molar-refractivity contribution in [3.8, 4) is 0 Å². The standard InChI is InChI=1S/C17H26ClN/c1-12(2)17(15-8-10-16(18)11-9-15)19-13(3)14-6-4-5-7-14/h8-14,17,19H,4-7H2,1-3H3. The van der Waals surface area contributed by atoms with E-state index >= 15 is 0 Å². The minimum atomic E-state index is 0.424. The van der Waals surface area contributed by atoms with Crippen LogP contribution in [0.15, 0.2) is 24.3 Å². The molecular formula is C17H26ClN. The largest absolute Gasteiger partial charge is 0.307 e. The lowest BCUT2D eigenvalue weighted by molar-refractivity contribution is 0.303. The normalized spacial score (nSPS) is 19.8. The Kier molecular flexibility index (Phi) is 5.29. The van der Waals surface area contributed by atoms with Gasteiger partial charge in [0.2, 0.25) is 0 Å². The molecule has 0 spiro atoms. The fraction of sp³-hybridized carbons (Fsp3) is 0.647. The van der Waals surface area contributed by atoms with Crippen molar-refractivity contribution in [3.05, 3.63) is 34.9 Å². The highest BCUT2D eigenvalue weighted by molar-refractivity contribution is 6.30. The van der Waals surface area contributed by atoms with E-state index in [1.165, 1.54) is 31.2 Å². The van der Waals surface area contributed by atoms with E-state index in [0.29, 0.717) is 18.0 Å². The Morgan fingerprint density at radius 2 is 1.63 bits per heavy atom. The van der Waals surface area contributed by atoms with Crippen LogP contribution in [-0.4, -0.2) is 6.04 Å². The van der Waals surface area contributed by atoms with Gasteiger partial charge in [-0.1, -0.05) is 50.4 Å². The number of halogens is 1. The van der Waals surface area contributed by atoms with Crippen LogP contribution >= 0.6 is 11.6 Å². The molecule has 106 valence electrons. The molecule has 1 aliphatic rings. The maximum Gasteiger partial charge on any atom is 0.0406 e. The number of hydrogen-bond donors (Lipinski definition) is 1. The van der Waals surface area contributed by atoms with Crippen molar-refractivity contribution in [3.63, 3.8) is 0 Å². The van der Waals surface area contributed by atoms with Crippen LogP contribution in [0.1, 0.15) is 58.1 Å². The zero-order valence-electron chi connectivity index (χ0n) is 12.3. The van der Waals surface area contributed by atoms with Gasteiger partial charge in [-0.15, -0.1) is 0 Å². The van der Waals surface area contributed by atoms with Crippen molar-refractivity contribution in [2.45, 2.75) is 58.5 Å². The first-order valence-corrected chi connectivity index (χ1v) is 7.97. The second-order valence-electron chi connectivity index (χ2n) is 6.27. The summed E-state index contributed by atoms with van der Waals surface area (Å²) in [6.45, 7) is 6.92. The van der Waals surface area contributed by atoms with E-state index in [4.69, 9.17) is 11.6 Å². The maximum atomic E-state index is 5.98. The highest BCUT2D eigenvalue weighted by atomic mass is 35.5. The molecule has 1 N–H and O–H groups in total. The van der Waals surface area contributed by atoms with Crippen LogP contribution in [0.5, 0.6) is 0 Å². The fourth-order valence-electron chi connectivity index (χ4n) is 3.22. The molecule has 0 heterocycles. The van der Waals surface area contributed by atoms with Gasteiger partial charge in [0.25, 0.3) is 0 Å². The number of rotatable bonds is 5. The van der Waals surface area contributed by atoms with Gasteiger partial charge in [-0.25, -0.2) is 0 Å². The molecular weight excluding hydrogens is 254 g/mol. The number of hydrogen-bond acceptors (Lipinski definition) is 1. The summed E-state index contributed by atoms with van der Waals surface area (Å²) in [7, 11) is 0. The van der Waals surface area contributed by atoms with E-state index in [-0.39, 0.29) is 0 Å². The predicted molar refractivity (Wildman–Crippen MR) is 83.6 cm³/mol. The fourth-order valence-corrected chi connectivity index (χ4v) is 3.35. The Balaban J connectivity index is 2.05. The SMILES string of the molecule is CC(C)C(NC(C)C1CCCC1)c1ccc(Cl)cc1. The molecule has 0 aromatic heterocycles. The van der Waals surface area contributed by atoms with E-state index < -0.39 is 0 Å². The molecule has 1 fully saturated rings. The van der Waals surface area contributed by atoms with Crippen molar-refractivity contribution in [2.75, 3.05) is 0 Å².